The molecule has 0 atom stereocenters. The first kappa shape index (κ1) is 14.7. The third kappa shape index (κ3) is 4.17. The van der Waals surface area contributed by atoms with E-state index in [-0.39, 0.29) is 0 Å². The zero-order chi connectivity index (χ0) is 14.4. The lowest BCUT2D eigenvalue weighted by Crippen LogP contribution is -2.12. The summed E-state index contributed by atoms with van der Waals surface area (Å²) in [6, 6.07) is 13.8. The topological polar surface area (TPSA) is 30.5 Å². The van der Waals surface area contributed by atoms with E-state index in [2.05, 4.69) is 28.2 Å². The fourth-order valence-corrected chi connectivity index (χ4v) is 2.11. The molecular formula is C16H18BrNO2. The Balaban J connectivity index is 1.79. The van der Waals surface area contributed by atoms with Crippen LogP contribution >= 0.6 is 15.9 Å². The minimum absolute atomic E-state index is 0.618. The number of benzene rings is 2. The summed E-state index contributed by atoms with van der Waals surface area (Å²) in [5.41, 5.74) is 2.26. The zero-order valence-corrected chi connectivity index (χ0v) is 13.2. The average molecular weight is 336 g/mol. The maximum Gasteiger partial charge on any atom is 0.119 e. The van der Waals surface area contributed by atoms with Crippen LogP contribution in [0.15, 0.2) is 46.9 Å². The highest BCUT2D eigenvalue weighted by molar-refractivity contribution is 9.10. The number of hydrogen-bond acceptors (Lipinski definition) is 3. The Morgan fingerprint density at radius 1 is 1.05 bits per heavy atom. The van der Waals surface area contributed by atoms with Crippen molar-refractivity contribution in [2.45, 2.75) is 6.92 Å². The van der Waals surface area contributed by atoms with Crippen LogP contribution in [0.25, 0.3) is 0 Å². The third-order valence-electron chi connectivity index (χ3n) is 2.93. The van der Waals surface area contributed by atoms with Crippen LogP contribution in [0.5, 0.6) is 11.5 Å². The number of anilines is 1. The molecule has 0 saturated heterocycles. The molecule has 0 radical (unpaired) electrons. The van der Waals surface area contributed by atoms with Gasteiger partial charge in [-0.1, -0.05) is 15.9 Å². The highest BCUT2D eigenvalue weighted by atomic mass is 79.9. The number of methoxy groups -OCH3 is 1. The summed E-state index contributed by atoms with van der Waals surface area (Å²) in [6.45, 7) is 3.43. The van der Waals surface area contributed by atoms with Gasteiger partial charge in [0.25, 0.3) is 0 Å². The Labute approximate surface area is 128 Å². The van der Waals surface area contributed by atoms with Crippen LogP contribution in [-0.4, -0.2) is 20.3 Å². The van der Waals surface area contributed by atoms with E-state index >= 15 is 0 Å². The van der Waals surface area contributed by atoms with Crippen LogP contribution in [0.2, 0.25) is 0 Å². The predicted octanol–water partition coefficient (Wildman–Crippen LogP) is 4.26. The van der Waals surface area contributed by atoms with Gasteiger partial charge < -0.3 is 14.8 Å². The van der Waals surface area contributed by atoms with Gasteiger partial charge in [-0.2, -0.15) is 0 Å². The number of ether oxygens (including phenoxy) is 2. The summed E-state index contributed by atoms with van der Waals surface area (Å²) < 4.78 is 11.9. The third-order valence-corrected chi connectivity index (χ3v) is 3.46. The van der Waals surface area contributed by atoms with E-state index in [4.69, 9.17) is 9.47 Å². The van der Waals surface area contributed by atoms with Crippen LogP contribution in [0.4, 0.5) is 5.69 Å². The molecule has 106 valence electrons. The quantitative estimate of drug-likeness (QED) is 0.800. The predicted molar refractivity (Wildman–Crippen MR) is 85.9 cm³/mol. The van der Waals surface area contributed by atoms with Crippen LogP contribution in [0.1, 0.15) is 5.56 Å². The van der Waals surface area contributed by atoms with Crippen molar-refractivity contribution < 1.29 is 9.47 Å². The fraction of sp³-hybridized carbons (Fsp3) is 0.250. The standard InChI is InChI=1S/C16H18BrNO2/c1-12-11-15(19-2)7-8-16(12)18-9-10-20-14-5-3-13(17)4-6-14/h3-8,11,18H,9-10H2,1-2H3. The molecule has 0 unspecified atom stereocenters. The zero-order valence-electron chi connectivity index (χ0n) is 11.7. The molecule has 0 saturated carbocycles. The molecule has 2 aromatic rings. The minimum atomic E-state index is 0.618. The second kappa shape index (κ2) is 7.20. The number of halogens is 1. The summed E-state index contributed by atoms with van der Waals surface area (Å²) >= 11 is 3.40. The van der Waals surface area contributed by atoms with Crippen molar-refractivity contribution in [3.63, 3.8) is 0 Å². The smallest absolute Gasteiger partial charge is 0.119 e. The first-order valence-corrected chi connectivity index (χ1v) is 7.25. The lowest BCUT2D eigenvalue weighted by atomic mass is 10.2. The van der Waals surface area contributed by atoms with E-state index in [9.17, 15) is 0 Å². The largest absolute Gasteiger partial charge is 0.497 e. The van der Waals surface area contributed by atoms with E-state index in [1.54, 1.807) is 7.11 Å². The van der Waals surface area contributed by atoms with Crippen LogP contribution in [0.3, 0.4) is 0 Å². The molecule has 0 aliphatic heterocycles. The molecule has 0 bridgehead atoms. The molecule has 2 aromatic carbocycles. The Bertz CT molecular complexity index is 555. The van der Waals surface area contributed by atoms with Gasteiger partial charge in [0.1, 0.15) is 18.1 Å². The van der Waals surface area contributed by atoms with Crippen LogP contribution < -0.4 is 14.8 Å². The summed E-state index contributed by atoms with van der Waals surface area (Å²) in [5, 5.41) is 3.36. The van der Waals surface area contributed by atoms with Crippen molar-refractivity contribution in [2.75, 3.05) is 25.6 Å². The Hall–Kier alpha value is -1.68. The fourth-order valence-electron chi connectivity index (χ4n) is 1.85. The van der Waals surface area contributed by atoms with Crippen molar-refractivity contribution in [1.82, 2.24) is 0 Å². The van der Waals surface area contributed by atoms with Crippen LogP contribution in [0, 0.1) is 6.92 Å². The molecule has 3 nitrogen and oxygen atoms in total. The molecule has 4 heteroatoms. The monoisotopic (exact) mass is 335 g/mol. The van der Waals surface area contributed by atoms with E-state index < -0.39 is 0 Å². The molecule has 0 aliphatic carbocycles. The molecule has 0 amide bonds. The SMILES string of the molecule is COc1ccc(NCCOc2ccc(Br)cc2)c(C)c1. The molecule has 0 heterocycles. The first-order valence-electron chi connectivity index (χ1n) is 6.46. The van der Waals surface area contributed by atoms with Gasteiger partial charge in [0.2, 0.25) is 0 Å². The van der Waals surface area contributed by atoms with E-state index in [1.165, 1.54) is 0 Å². The minimum Gasteiger partial charge on any atom is -0.497 e. The van der Waals surface area contributed by atoms with Gasteiger partial charge >= 0.3 is 0 Å². The van der Waals surface area contributed by atoms with Gasteiger partial charge in [0.05, 0.1) is 7.11 Å². The van der Waals surface area contributed by atoms with Crippen molar-refractivity contribution in [2.24, 2.45) is 0 Å². The van der Waals surface area contributed by atoms with E-state index in [1.807, 2.05) is 42.5 Å². The Morgan fingerprint density at radius 2 is 1.75 bits per heavy atom. The van der Waals surface area contributed by atoms with Crippen molar-refractivity contribution >= 4 is 21.6 Å². The number of nitrogens with one attached hydrogen (secondary N) is 1. The van der Waals surface area contributed by atoms with Crippen molar-refractivity contribution in [3.05, 3.63) is 52.5 Å². The van der Waals surface area contributed by atoms with E-state index in [0.29, 0.717) is 6.61 Å². The van der Waals surface area contributed by atoms with Crippen LogP contribution in [-0.2, 0) is 0 Å². The van der Waals surface area contributed by atoms with Gasteiger partial charge in [0.15, 0.2) is 0 Å². The van der Waals surface area contributed by atoms with Gasteiger partial charge in [0, 0.05) is 16.7 Å². The molecule has 0 aromatic heterocycles. The number of rotatable bonds is 6. The summed E-state index contributed by atoms with van der Waals surface area (Å²) in [6.07, 6.45) is 0. The molecule has 0 aliphatic rings. The summed E-state index contributed by atoms with van der Waals surface area (Å²) in [7, 11) is 1.67. The lowest BCUT2D eigenvalue weighted by molar-refractivity contribution is 0.333. The van der Waals surface area contributed by atoms with Gasteiger partial charge in [-0.15, -0.1) is 0 Å². The normalized spacial score (nSPS) is 10.2. The van der Waals surface area contributed by atoms with Crippen molar-refractivity contribution in [3.8, 4) is 11.5 Å². The van der Waals surface area contributed by atoms with Gasteiger partial charge in [-0.25, -0.2) is 0 Å². The molecule has 0 fully saturated rings. The highest BCUT2D eigenvalue weighted by Crippen LogP contribution is 2.21. The van der Waals surface area contributed by atoms with Gasteiger partial charge in [-0.3, -0.25) is 0 Å². The van der Waals surface area contributed by atoms with E-state index in [0.717, 1.165) is 33.8 Å². The summed E-state index contributed by atoms with van der Waals surface area (Å²) in [4.78, 5) is 0. The lowest BCUT2D eigenvalue weighted by Gasteiger charge is -2.11. The maximum absolute atomic E-state index is 5.66. The highest BCUT2D eigenvalue weighted by Gasteiger charge is 2.00. The van der Waals surface area contributed by atoms with Gasteiger partial charge in [-0.05, 0) is 55.0 Å². The second-order valence-electron chi connectivity index (χ2n) is 4.41. The maximum atomic E-state index is 5.66. The molecule has 2 rings (SSSR count). The molecular weight excluding hydrogens is 318 g/mol. The molecule has 1 N–H and O–H groups in total. The average Bonchev–Trinajstić information content (AvgIpc) is 2.46. The Kier molecular flexibility index (Phi) is 5.30. The molecule has 20 heavy (non-hydrogen) atoms. The number of hydrogen-bond donors (Lipinski definition) is 1. The Morgan fingerprint density at radius 3 is 2.40 bits per heavy atom. The summed E-state index contributed by atoms with van der Waals surface area (Å²) in [5.74, 6) is 1.75. The second-order valence-corrected chi connectivity index (χ2v) is 5.33. The molecule has 0 spiro atoms. The van der Waals surface area contributed by atoms with Crippen molar-refractivity contribution in [1.29, 1.82) is 0 Å². The number of aryl methyl sites for hydroxylation is 1. The first-order chi connectivity index (χ1) is 9.69.